The highest BCUT2D eigenvalue weighted by atomic mass is 16.6. The fourth-order valence-electron chi connectivity index (χ4n) is 1.11. The Labute approximate surface area is 86.7 Å². The van der Waals surface area contributed by atoms with Crippen LogP contribution in [0.25, 0.3) is 0 Å². The summed E-state index contributed by atoms with van der Waals surface area (Å²) in [6.45, 7) is 3.01. The molecule has 0 fully saturated rings. The molecule has 0 spiro atoms. The van der Waals surface area contributed by atoms with Gasteiger partial charge in [0.15, 0.2) is 17.7 Å². The minimum absolute atomic E-state index is 0.0960. The van der Waals surface area contributed by atoms with Crippen molar-refractivity contribution in [1.82, 2.24) is 0 Å². The van der Waals surface area contributed by atoms with E-state index in [1.807, 2.05) is 0 Å². The van der Waals surface area contributed by atoms with Gasteiger partial charge in [-0.2, -0.15) is 0 Å². The average Bonchev–Trinajstić information content (AvgIpc) is 2.32. The first kappa shape index (κ1) is 11.8. The lowest BCUT2D eigenvalue weighted by molar-refractivity contribution is -0.180. The van der Waals surface area contributed by atoms with Gasteiger partial charge in [-0.1, -0.05) is 0 Å². The van der Waals surface area contributed by atoms with Crippen molar-refractivity contribution in [3.63, 3.8) is 0 Å². The summed E-state index contributed by atoms with van der Waals surface area (Å²) in [5.74, 6) is -3.47. The molecule has 1 rings (SSSR count). The van der Waals surface area contributed by atoms with Crippen molar-refractivity contribution in [3.05, 3.63) is 11.5 Å². The Morgan fingerprint density at radius 2 is 2.07 bits per heavy atom. The standard InChI is InChI=1S/C9H14O6/c1-9(2,13)14-4-3-5-6(10)7(11)8(12)15-5/h5,10-11,13H,3-4H2,1-2H3. The summed E-state index contributed by atoms with van der Waals surface area (Å²) in [6, 6.07) is 0. The molecule has 0 bridgehead atoms. The fourth-order valence-corrected chi connectivity index (χ4v) is 1.11. The Morgan fingerprint density at radius 1 is 1.47 bits per heavy atom. The van der Waals surface area contributed by atoms with Gasteiger partial charge in [0.05, 0.1) is 6.61 Å². The van der Waals surface area contributed by atoms with Crippen LogP contribution in [0.4, 0.5) is 0 Å². The first-order valence-electron chi connectivity index (χ1n) is 4.50. The van der Waals surface area contributed by atoms with E-state index in [9.17, 15) is 15.0 Å². The number of hydrogen-bond donors (Lipinski definition) is 3. The number of rotatable bonds is 4. The number of aliphatic hydroxyl groups is 3. The second-order valence-electron chi connectivity index (χ2n) is 3.71. The third kappa shape index (κ3) is 3.10. The Kier molecular flexibility index (Phi) is 3.21. The second kappa shape index (κ2) is 4.08. The Bertz CT molecular complexity index is 287. The topological polar surface area (TPSA) is 96.2 Å². The number of cyclic esters (lactones) is 1. The molecule has 6 nitrogen and oxygen atoms in total. The smallest absolute Gasteiger partial charge is 0.377 e. The molecule has 1 aliphatic rings. The second-order valence-corrected chi connectivity index (χ2v) is 3.71. The van der Waals surface area contributed by atoms with Crippen molar-refractivity contribution in [2.75, 3.05) is 6.61 Å². The number of esters is 1. The molecule has 6 heteroatoms. The van der Waals surface area contributed by atoms with Crippen LogP contribution in [0, 0.1) is 0 Å². The number of carbonyl (C=O) groups is 1. The lowest BCUT2D eigenvalue weighted by Gasteiger charge is -2.19. The zero-order valence-electron chi connectivity index (χ0n) is 8.56. The SMILES string of the molecule is CC(C)(O)OCCC1OC(=O)C(O)=C1O. The van der Waals surface area contributed by atoms with Gasteiger partial charge in [0, 0.05) is 6.42 Å². The summed E-state index contributed by atoms with van der Waals surface area (Å²) in [6.07, 6.45) is -0.717. The maximum Gasteiger partial charge on any atom is 0.377 e. The van der Waals surface area contributed by atoms with Gasteiger partial charge in [-0.3, -0.25) is 0 Å². The van der Waals surface area contributed by atoms with Gasteiger partial charge in [-0.25, -0.2) is 4.79 Å². The molecule has 1 unspecified atom stereocenters. The third-order valence-corrected chi connectivity index (χ3v) is 1.83. The van der Waals surface area contributed by atoms with Crippen LogP contribution in [-0.4, -0.2) is 39.8 Å². The van der Waals surface area contributed by atoms with Crippen LogP contribution in [0.3, 0.4) is 0 Å². The summed E-state index contributed by atoms with van der Waals surface area (Å²) in [4.78, 5) is 10.8. The summed E-state index contributed by atoms with van der Waals surface area (Å²) in [5.41, 5.74) is 0. The molecule has 0 aromatic heterocycles. The van der Waals surface area contributed by atoms with E-state index in [0.29, 0.717) is 0 Å². The van der Waals surface area contributed by atoms with Crippen LogP contribution in [0.15, 0.2) is 11.5 Å². The molecule has 1 heterocycles. The number of hydrogen-bond acceptors (Lipinski definition) is 6. The number of ether oxygens (including phenoxy) is 2. The zero-order chi connectivity index (χ0) is 11.6. The van der Waals surface area contributed by atoms with Gasteiger partial charge in [0.25, 0.3) is 0 Å². The molecule has 15 heavy (non-hydrogen) atoms. The van der Waals surface area contributed by atoms with Crippen molar-refractivity contribution < 1.29 is 29.6 Å². The van der Waals surface area contributed by atoms with Gasteiger partial charge in [-0.15, -0.1) is 0 Å². The Morgan fingerprint density at radius 3 is 2.47 bits per heavy atom. The van der Waals surface area contributed by atoms with E-state index >= 15 is 0 Å². The predicted octanol–water partition coefficient (Wildman–Crippen LogP) is 0.374. The van der Waals surface area contributed by atoms with Gasteiger partial charge in [-0.05, 0) is 13.8 Å². The van der Waals surface area contributed by atoms with Crippen LogP contribution in [-0.2, 0) is 14.3 Å². The van der Waals surface area contributed by atoms with E-state index in [-0.39, 0.29) is 13.0 Å². The van der Waals surface area contributed by atoms with Gasteiger partial charge in [0.1, 0.15) is 0 Å². The number of carbonyl (C=O) groups excluding carboxylic acids is 1. The molecule has 1 aliphatic heterocycles. The molecule has 0 aromatic rings. The van der Waals surface area contributed by atoms with Gasteiger partial charge < -0.3 is 24.8 Å². The maximum absolute atomic E-state index is 10.8. The van der Waals surface area contributed by atoms with E-state index < -0.39 is 29.4 Å². The van der Waals surface area contributed by atoms with Crippen LogP contribution in [0.5, 0.6) is 0 Å². The molecular weight excluding hydrogens is 204 g/mol. The fraction of sp³-hybridized carbons (Fsp3) is 0.667. The molecule has 86 valence electrons. The molecule has 1 atom stereocenters. The molecule has 0 radical (unpaired) electrons. The van der Waals surface area contributed by atoms with Crippen LogP contribution in [0.1, 0.15) is 20.3 Å². The highest BCUT2D eigenvalue weighted by molar-refractivity contribution is 5.88. The molecule has 0 aromatic carbocycles. The monoisotopic (exact) mass is 218 g/mol. The largest absolute Gasteiger partial charge is 0.505 e. The van der Waals surface area contributed by atoms with E-state index in [1.54, 1.807) is 0 Å². The summed E-state index contributed by atoms with van der Waals surface area (Å²) < 4.78 is 9.58. The quantitative estimate of drug-likeness (QED) is 0.466. The van der Waals surface area contributed by atoms with E-state index in [4.69, 9.17) is 9.84 Å². The van der Waals surface area contributed by atoms with E-state index in [2.05, 4.69) is 4.74 Å². The van der Waals surface area contributed by atoms with Gasteiger partial charge in [0.2, 0.25) is 5.76 Å². The molecule has 0 aliphatic carbocycles. The first-order valence-corrected chi connectivity index (χ1v) is 4.50. The van der Waals surface area contributed by atoms with Crippen molar-refractivity contribution in [1.29, 1.82) is 0 Å². The van der Waals surface area contributed by atoms with Gasteiger partial charge >= 0.3 is 5.97 Å². The molecule has 3 N–H and O–H groups in total. The normalized spacial score (nSPS) is 22.1. The Balaban J connectivity index is 2.40. The number of aliphatic hydroxyl groups excluding tert-OH is 2. The van der Waals surface area contributed by atoms with E-state index in [1.165, 1.54) is 13.8 Å². The Hall–Kier alpha value is -1.27. The van der Waals surface area contributed by atoms with Crippen LogP contribution >= 0.6 is 0 Å². The van der Waals surface area contributed by atoms with Crippen molar-refractivity contribution >= 4 is 5.97 Å². The lowest BCUT2D eigenvalue weighted by atomic mass is 10.2. The van der Waals surface area contributed by atoms with Crippen molar-refractivity contribution in [2.24, 2.45) is 0 Å². The zero-order valence-corrected chi connectivity index (χ0v) is 8.56. The van der Waals surface area contributed by atoms with Crippen molar-refractivity contribution in [2.45, 2.75) is 32.2 Å². The minimum atomic E-state index is -1.27. The summed E-state index contributed by atoms with van der Waals surface area (Å²) in [5, 5.41) is 27.4. The minimum Gasteiger partial charge on any atom is -0.505 e. The molecule has 0 amide bonds. The highest BCUT2D eigenvalue weighted by Gasteiger charge is 2.34. The summed E-state index contributed by atoms with van der Waals surface area (Å²) in [7, 11) is 0. The van der Waals surface area contributed by atoms with Crippen LogP contribution < -0.4 is 0 Å². The third-order valence-electron chi connectivity index (χ3n) is 1.83. The molecule has 0 saturated carbocycles. The molecule has 0 saturated heterocycles. The maximum atomic E-state index is 10.8. The average molecular weight is 218 g/mol. The lowest BCUT2D eigenvalue weighted by Crippen LogP contribution is -2.26. The predicted molar refractivity (Wildman–Crippen MR) is 49.0 cm³/mol. The highest BCUT2D eigenvalue weighted by Crippen LogP contribution is 2.21. The first-order chi connectivity index (χ1) is 6.81. The van der Waals surface area contributed by atoms with E-state index in [0.717, 1.165) is 0 Å². The summed E-state index contributed by atoms with van der Waals surface area (Å²) >= 11 is 0. The molecular formula is C9H14O6. The van der Waals surface area contributed by atoms with Crippen molar-refractivity contribution in [3.8, 4) is 0 Å². The van der Waals surface area contributed by atoms with Crippen LogP contribution in [0.2, 0.25) is 0 Å².